The van der Waals surface area contributed by atoms with E-state index in [1.807, 2.05) is 19.1 Å². The first kappa shape index (κ1) is 21.8. The number of hydrogen-bond acceptors (Lipinski definition) is 5. The Kier molecular flexibility index (Phi) is 8.12. The van der Waals surface area contributed by atoms with E-state index >= 15 is 0 Å². The van der Waals surface area contributed by atoms with E-state index in [9.17, 15) is 4.79 Å². The first-order chi connectivity index (χ1) is 14.1. The number of carbonyl (C=O) groups is 1. The highest BCUT2D eigenvalue weighted by molar-refractivity contribution is 8.00. The molecule has 1 saturated carbocycles. The topological polar surface area (TPSA) is 69.0 Å². The lowest BCUT2D eigenvalue weighted by molar-refractivity contribution is -0.121. The Morgan fingerprint density at radius 1 is 1.28 bits per heavy atom. The largest absolute Gasteiger partial charge is 0.383 e. The van der Waals surface area contributed by atoms with Crippen LogP contribution in [0, 0.1) is 6.92 Å². The summed E-state index contributed by atoms with van der Waals surface area (Å²) >= 11 is 1.46. The van der Waals surface area contributed by atoms with E-state index < -0.39 is 0 Å². The highest BCUT2D eigenvalue weighted by Gasteiger charge is 2.23. The summed E-state index contributed by atoms with van der Waals surface area (Å²) in [6.45, 7) is 5.21. The molecule has 1 aromatic heterocycles. The fourth-order valence-electron chi connectivity index (χ4n) is 3.71. The van der Waals surface area contributed by atoms with Crippen LogP contribution in [0.5, 0.6) is 0 Å². The van der Waals surface area contributed by atoms with Crippen molar-refractivity contribution < 1.29 is 9.53 Å². The van der Waals surface area contributed by atoms with Gasteiger partial charge in [-0.15, -0.1) is 10.2 Å². The lowest BCUT2D eigenvalue weighted by Gasteiger charge is -2.19. The van der Waals surface area contributed by atoms with Crippen molar-refractivity contribution in [3.05, 3.63) is 29.8 Å². The van der Waals surface area contributed by atoms with Crippen molar-refractivity contribution in [1.82, 2.24) is 20.1 Å². The molecule has 0 bridgehead atoms. The summed E-state index contributed by atoms with van der Waals surface area (Å²) in [7, 11) is 1.69. The number of aryl methyl sites for hydroxylation is 1. The quantitative estimate of drug-likeness (QED) is 0.515. The van der Waals surface area contributed by atoms with Gasteiger partial charge in [0.2, 0.25) is 5.91 Å². The fourth-order valence-corrected chi connectivity index (χ4v) is 4.60. The van der Waals surface area contributed by atoms with Gasteiger partial charge in [-0.1, -0.05) is 61.2 Å². The van der Waals surface area contributed by atoms with Crippen LogP contribution in [0.15, 0.2) is 29.4 Å². The molecule has 158 valence electrons. The number of aromatic nitrogens is 3. The summed E-state index contributed by atoms with van der Waals surface area (Å²) in [5.74, 6) is 0.893. The molecule has 6 nitrogen and oxygen atoms in total. The minimum atomic E-state index is -0.228. The van der Waals surface area contributed by atoms with Gasteiger partial charge in [-0.25, -0.2) is 0 Å². The molecular formula is C22H32N4O2S. The number of hydrogen-bond donors (Lipinski definition) is 1. The summed E-state index contributed by atoms with van der Waals surface area (Å²) in [6, 6.07) is 8.54. The van der Waals surface area contributed by atoms with Crippen LogP contribution in [0.4, 0.5) is 0 Å². The molecule has 1 aliphatic carbocycles. The molecule has 1 aliphatic rings. The highest BCUT2D eigenvalue weighted by Crippen LogP contribution is 2.28. The molecule has 7 heteroatoms. The van der Waals surface area contributed by atoms with Crippen LogP contribution in [0.2, 0.25) is 0 Å². The highest BCUT2D eigenvalue weighted by atomic mass is 32.2. The fraction of sp³-hybridized carbons (Fsp3) is 0.591. The molecule has 2 aromatic rings. The van der Waals surface area contributed by atoms with Crippen LogP contribution in [0.1, 0.15) is 51.0 Å². The lowest BCUT2D eigenvalue weighted by atomic mass is 10.1. The smallest absolute Gasteiger partial charge is 0.233 e. The van der Waals surface area contributed by atoms with Crippen LogP contribution in [0.25, 0.3) is 11.4 Å². The van der Waals surface area contributed by atoms with Gasteiger partial charge < -0.3 is 10.1 Å². The maximum Gasteiger partial charge on any atom is 0.233 e. The molecule has 0 radical (unpaired) electrons. The third kappa shape index (κ3) is 6.06. The summed E-state index contributed by atoms with van der Waals surface area (Å²) in [6.07, 6.45) is 7.15. The molecule has 0 aliphatic heterocycles. The monoisotopic (exact) mass is 416 g/mol. The van der Waals surface area contributed by atoms with Crippen LogP contribution in [0.3, 0.4) is 0 Å². The van der Waals surface area contributed by atoms with E-state index in [0.29, 0.717) is 19.2 Å². The summed E-state index contributed by atoms with van der Waals surface area (Å²) in [5, 5.41) is 12.6. The van der Waals surface area contributed by atoms with Gasteiger partial charge in [0, 0.05) is 18.7 Å². The molecule has 1 atom stereocenters. The SMILES string of the molecule is COCCn1c(S[C@@H](C)C(=O)NC2CCCCCC2)nnc1-c1cccc(C)c1. The van der Waals surface area contributed by atoms with Gasteiger partial charge in [0.25, 0.3) is 0 Å². The van der Waals surface area contributed by atoms with Crippen molar-refractivity contribution in [1.29, 1.82) is 0 Å². The van der Waals surface area contributed by atoms with Crippen LogP contribution >= 0.6 is 11.8 Å². The predicted molar refractivity (Wildman–Crippen MR) is 117 cm³/mol. The predicted octanol–water partition coefficient (Wildman–Crippen LogP) is 4.22. The van der Waals surface area contributed by atoms with Crippen molar-refractivity contribution in [3.63, 3.8) is 0 Å². The van der Waals surface area contributed by atoms with Crippen molar-refractivity contribution in [3.8, 4) is 11.4 Å². The minimum Gasteiger partial charge on any atom is -0.383 e. The van der Waals surface area contributed by atoms with Crippen molar-refractivity contribution in [2.45, 2.75) is 75.4 Å². The molecule has 1 aromatic carbocycles. The number of carbonyl (C=O) groups excluding carboxylic acids is 1. The van der Waals surface area contributed by atoms with E-state index in [-0.39, 0.29) is 11.2 Å². The molecule has 1 fully saturated rings. The second kappa shape index (κ2) is 10.8. The van der Waals surface area contributed by atoms with Gasteiger partial charge in [-0.3, -0.25) is 9.36 Å². The Hall–Kier alpha value is -1.86. The normalized spacial score (nSPS) is 16.4. The Balaban J connectivity index is 1.72. The number of rotatable bonds is 8. The average Bonchev–Trinajstić information content (AvgIpc) is 2.92. The third-order valence-corrected chi connectivity index (χ3v) is 6.45. The van der Waals surface area contributed by atoms with Gasteiger partial charge >= 0.3 is 0 Å². The van der Waals surface area contributed by atoms with E-state index in [4.69, 9.17) is 4.74 Å². The Labute approximate surface area is 177 Å². The number of ether oxygens (including phenoxy) is 1. The van der Waals surface area contributed by atoms with Gasteiger partial charge in [0.05, 0.1) is 18.4 Å². The number of nitrogens with zero attached hydrogens (tertiary/aromatic N) is 3. The van der Waals surface area contributed by atoms with E-state index in [2.05, 4.69) is 39.1 Å². The van der Waals surface area contributed by atoms with Crippen LogP contribution < -0.4 is 5.32 Å². The molecular weight excluding hydrogens is 384 g/mol. The van der Waals surface area contributed by atoms with Crippen LogP contribution in [-0.2, 0) is 16.1 Å². The molecule has 1 N–H and O–H groups in total. The number of nitrogens with one attached hydrogen (secondary N) is 1. The second-order valence-corrected chi connectivity index (χ2v) is 9.09. The summed E-state index contributed by atoms with van der Waals surface area (Å²) < 4.78 is 7.34. The first-order valence-corrected chi connectivity index (χ1v) is 11.4. The van der Waals surface area contributed by atoms with Gasteiger partial charge in [0.15, 0.2) is 11.0 Å². The molecule has 0 unspecified atom stereocenters. The van der Waals surface area contributed by atoms with E-state index in [1.165, 1.54) is 43.0 Å². The number of benzene rings is 1. The van der Waals surface area contributed by atoms with Gasteiger partial charge in [-0.2, -0.15) is 0 Å². The van der Waals surface area contributed by atoms with Crippen molar-refractivity contribution in [2.24, 2.45) is 0 Å². The molecule has 3 rings (SSSR count). The van der Waals surface area contributed by atoms with E-state index in [1.54, 1.807) is 7.11 Å². The average molecular weight is 417 g/mol. The van der Waals surface area contributed by atoms with E-state index in [0.717, 1.165) is 29.4 Å². The second-order valence-electron chi connectivity index (χ2n) is 7.78. The maximum absolute atomic E-state index is 12.8. The number of thioether (sulfide) groups is 1. The van der Waals surface area contributed by atoms with Crippen LogP contribution in [-0.4, -0.2) is 45.7 Å². The summed E-state index contributed by atoms with van der Waals surface area (Å²) in [4.78, 5) is 12.8. The minimum absolute atomic E-state index is 0.0836. The molecule has 1 heterocycles. The van der Waals surface area contributed by atoms with Gasteiger partial charge in [-0.05, 0) is 32.8 Å². The first-order valence-electron chi connectivity index (χ1n) is 10.5. The Morgan fingerprint density at radius 3 is 2.72 bits per heavy atom. The third-order valence-electron chi connectivity index (χ3n) is 5.37. The summed E-state index contributed by atoms with van der Waals surface area (Å²) in [5.41, 5.74) is 2.20. The maximum atomic E-state index is 12.8. The van der Waals surface area contributed by atoms with Crippen molar-refractivity contribution in [2.75, 3.05) is 13.7 Å². The Morgan fingerprint density at radius 2 is 2.03 bits per heavy atom. The molecule has 0 saturated heterocycles. The standard InChI is InChI=1S/C22H32N4O2S/c1-16-9-8-10-18(15-16)20-24-25-22(26(20)13-14-28-3)29-17(2)21(27)23-19-11-6-4-5-7-12-19/h8-10,15,17,19H,4-7,11-14H2,1-3H3,(H,23,27)/t17-/m0/s1. The number of methoxy groups -OCH3 is 1. The zero-order chi connectivity index (χ0) is 20.6. The van der Waals surface area contributed by atoms with Gasteiger partial charge in [0.1, 0.15) is 0 Å². The Bertz CT molecular complexity index is 800. The zero-order valence-corrected chi connectivity index (χ0v) is 18.5. The molecule has 1 amide bonds. The number of amides is 1. The zero-order valence-electron chi connectivity index (χ0n) is 17.7. The molecule has 0 spiro atoms. The molecule has 29 heavy (non-hydrogen) atoms. The lowest BCUT2D eigenvalue weighted by Crippen LogP contribution is -2.39. The van der Waals surface area contributed by atoms with Crippen molar-refractivity contribution >= 4 is 17.7 Å².